The van der Waals surface area contributed by atoms with Crippen LogP contribution in [0.25, 0.3) is 0 Å². The van der Waals surface area contributed by atoms with Crippen LogP contribution in [0.3, 0.4) is 0 Å². The van der Waals surface area contributed by atoms with Gasteiger partial charge in [0.15, 0.2) is 0 Å². The van der Waals surface area contributed by atoms with Crippen LogP contribution in [0.15, 0.2) is 0 Å². The van der Waals surface area contributed by atoms with Gasteiger partial charge in [-0.1, -0.05) is 75.2 Å². The lowest BCUT2D eigenvalue weighted by molar-refractivity contribution is 0.0512. The van der Waals surface area contributed by atoms with Crippen molar-refractivity contribution in [3.63, 3.8) is 0 Å². The minimum Gasteiger partial charge on any atom is -0.0654 e. The SMILES string of the molecule is CCCC(C)C(C)CC1C2(C)C(C)C(C)(C3CC3C)C(C)C12CC. The normalized spacial score (nSPS) is 55.1. The molecule has 0 heterocycles. The van der Waals surface area contributed by atoms with Gasteiger partial charge in [0, 0.05) is 0 Å². The van der Waals surface area contributed by atoms with Gasteiger partial charge in [-0.2, -0.15) is 0 Å². The van der Waals surface area contributed by atoms with E-state index < -0.39 is 0 Å². The second-order valence-corrected chi connectivity index (χ2v) is 10.8. The fraction of sp³-hybridized carbons (Fsp3) is 1.00. The molecule has 10 atom stereocenters. The Morgan fingerprint density at radius 3 is 1.96 bits per heavy atom. The van der Waals surface area contributed by atoms with Gasteiger partial charge in [-0.05, 0) is 76.9 Å². The zero-order chi connectivity index (χ0) is 18.1. The molecule has 0 saturated heterocycles. The highest BCUT2D eigenvalue weighted by Gasteiger charge is 2.85. The lowest BCUT2D eigenvalue weighted by Crippen LogP contribution is -2.37. The molecule has 0 N–H and O–H groups in total. The molecule has 3 saturated carbocycles. The van der Waals surface area contributed by atoms with Crippen molar-refractivity contribution in [2.24, 2.45) is 57.7 Å². The van der Waals surface area contributed by atoms with Crippen LogP contribution in [0.4, 0.5) is 0 Å². The molecule has 3 aliphatic carbocycles. The van der Waals surface area contributed by atoms with Gasteiger partial charge in [0.05, 0.1) is 0 Å². The van der Waals surface area contributed by atoms with E-state index in [1.54, 1.807) is 0 Å². The Morgan fingerprint density at radius 2 is 1.54 bits per heavy atom. The zero-order valence-corrected chi connectivity index (χ0v) is 18.1. The van der Waals surface area contributed by atoms with E-state index in [2.05, 4.69) is 62.3 Å². The quantitative estimate of drug-likeness (QED) is 0.454. The van der Waals surface area contributed by atoms with Crippen LogP contribution < -0.4 is 0 Å². The van der Waals surface area contributed by atoms with E-state index in [0.29, 0.717) is 16.2 Å². The summed E-state index contributed by atoms with van der Waals surface area (Å²) in [7, 11) is 0. The minimum absolute atomic E-state index is 0.596. The van der Waals surface area contributed by atoms with Gasteiger partial charge in [-0.15, -0.1) is 0 Å². The van der Waals surface area contributed by atoms with Gasteiger partial charge in [0.25, 0.3) is 0 Å². The van der Waals surface area contributed by atoms with Crippen molar-refractivity contribution in [1.82, 2.24) is 0 Å². The van der Waals surface area contributed by atoms with Crippen LogP contribution >= 0.6 is 0 Å². The van der Waals surface area contributed by atoms with E-state index in [1.807, 2.05) is 0 Å². The average Bonchev–Trinajstić information content (AvgIpc) is 3.39. The summed E-state index contributed by atoms with van der Waals surface area (Å²) < 4.78 is 0. The van der Waals surface area contributed by atoms with Gasteiger partial charge in [-0.25, -0.2) is 0 Å². The second-order valence-electron chi connectivity index (χ2n) is 10.8. The summed E-state index contributed by atoms with van der Waals surface area (Å²) in [6, 6.07) is 0. The Morgan fingerprint density at radius 1 is 0.958 bits per heavy atom. The molecule has 3 fully saturated rings. The third kappa shape index (κ3) is 2.04. The van der Waals surface area contributed by atoms with Gasteiger partial charge >= 0.3 is 0 Å². The van der Waals surface area contributed by atoms with E-state index in [9.17, 15) is 0 Å². The van der Waals surface area contributed by atoms with Crippen LogP contribution in [0.5, 0.6) is 0 Å². The van der Waals surface area contributed by atoms with E-state index >= 15 is 0 Å². The Hall–Kier alpha value is 0. The Balaban J connectivity index is 1.82. The van der Waals surface area contributed by atoms with Gasteiger partial charge < -0.3 is 0 Å². The van der Waals surface area contributed by atoms with Crippen molar-refractivity contribution < 1.29 is 0 Å². The summed E-state index contributed by atoms with van der Waals surface area (Å²) in [4.78, 5) is 0. The molecule has 3 rings (SSSR count). The summed E-state index contributed by atoms with van der Waals surface area (Å²) in [6.07, 6.45) is 7.14. The number of hydrogen-bond donors (Lipinski definition) is 0. The van der Waals surface area contributed by atoms with Crippen LogP contribution in [-0.4, -0.2) is 0 Å². The number of hydrogen-bond acceptors (Lipinski definition) is 0. The predicted molar refractivity (Wildman–Crippen MR) is 106 cm³/mol. The monoisotopic (exact) mass is 332 g/mol. The van der Waals surface area contributed by atoms with Crippen molar-refractivity contribution in [2.45, 2.75) is 94.4 Å². The second kappa shape index (κ2) is 5.75. The van der Waals surface area contributed by atoms with Crippen molar-refractivity contribution in [3.05, 3.63) is 0 Å². The fourth-order valence-corrected chi connectivity index (χ4v) is 8.46. The van der Waals surface area contributed by atoms with Gasteiger partial charge in [-0.3, -0.25) is 0 Å². The molecular formula is C24H44. The van der Waals surface area contributed by atoms with Crippen LogP contribution in [0, 0.1) is 57.7 Å². The fourth-order valence-electron chi connectivity index (χ4n) is 8.46. The molecule has 140 valence electrons. The molecule has 0 bridgehead atoms. The lowest BCUT2D eigenvalue weighted by atomic mass is 9.62. The molecule has 10 unspecified atom stereocenters. The smallest absolute Gasteiger partial charge is 0.0176 e. The summed E-state index contributed by atoms with van der Waals surface area (Å²) in [5, 5.41) is 0. The van der Waals surface area contributed by atoms with Gasteiger partial charge in [0.1, 0.15) is 0 Å². The largest absolute Gasteiger partial charge is 0.0654 e. The Labute approximate surface area is 152 Å². The molecule has 0 aliphatic heterocycles. The third-order valence-corrected chi connectivity index (χ3v) is 10.6. The molecule has 0 nitrogen and oxygen atoms in total. The highest BCUT2D eigenvalue weighted by molar-refractivity contribution is 5.32. The van der Waals surface area contributed by atoms with E-state index in [-0.39, 0.29) is 0 Å². The summed E-state index contributed by atoms with van der Waals surface area (Å²) in [6.45, 7) is 23.0. The topological polar surface area (TPSA) is 0 Å². The van der Waals surface area contributed by atoms with E-state index in [1.165, 1.54) is 32.1 Å². The first kappa shape index (κ1) is 18.8. The molecule has 3 aliphatic rings. The molecular weight excluding hydrogens is 288 g/mol. The Kier molecular flexibility index (Phi) is 4.50. The van der Waals surface area contributed by atoms with E-state index in [0.717, 1.165) is 41.4 Å². The molecule has 0 heteroatoms. The maximum absolute atomic E-state index is 2.69. The third-order valence-electron chi connectivity index (χ3n) is 10.6. The molecule has 0 radical (unpaired) electrons. The molecule has 0 aromatic carbocycles. The molecule has 24 heavy (non-hydrogen) atoms. The summed E-state index contributed by atoms with van der Waals surface area (Å²) in [5.41, 5.74) is 1.85. The van der Waals surface area contributed by atoms with Crippen LogP contribution in [-0.2, 0) is 0 Å². The lowest BCUT2D eigenvalue weighted by Gasteiger charge is -2.42. The first-order valence-corrected chi connectivity index (χ1v) is 11.1. The summed E-state index contributed by atoms with van der Waals surface area (Å²) >= 11 is 0. The van der Waals surface area contributed by atoms with Crippen molar-refractivity contribution in [1.29, 1.82) is 0 Å². The molecule has 0 amide bonds. The van der Waals surface area contributed by atoms with E-state index in [4.69, 9.17) is 0 Å². The number of fused-ring (bicyclic) bond motifs is 1. The highest BCUT2D eigenvalue weighted by Crippen LogP contribution is 2.90. The first-order chi connectivity index (χ1) is 11.1. The summed E-state index contributed by atoms with van der Waals surface area (Å²) in [5.74, 6) is 6.57. The van der Waals surface area contributed by atoms with Gasteiger partial charge in [0.2, 0.25) is 0 Å². The maximum atomic E-state index is 2.69. The van der Waals surface area contributed by atoms with Crippen LogP contribution in [0.1, 0.15) is 94.4 Å². The van der Waals surface area contributed by atoms with Crippen molar-refractivity contribution in [2.75, 3.05) is 0 Å². The van der Waals surface area contributed by atoms with Crippen molar-refractivity contribution in [3.8, 4) is 0 Å². The van der Waals surface area contributed by atoms with Crippen LogP contribution in [0.2, 0.25) is 0 Å². The minimum atomic E-state index is 0.596. The maximum Gasteiger partial charge on any atom is -0.0176 e. The zero-order valence-electron chi connectivity index (χ0n) is 18.1. The number of rotatable bonds is 7. The highest BCUT2D eigenvalue weighted by atomic mass is 14.9. The standard InChI is InChI=1S/C24H44/c1-10-12-15(3)16(4)14-21-23(9)18(6)22(8,20-13-17(20)5)19(7)24(21,23)11-2/h15-21H,10-14H2,1-9H3. The molecule has 0 aromatic rings. The first-order valence-electron chi connectivity index (χ1n) is 11.1. The predicted octanol–water partition coefficient (Wildman–Crippen LogP) is 7.43. The Bertz CT molecular complexity index is 480. The molecule has 0 spiro atoms. The average molecular weight is 333 g/mol. The molecule has 0 aromatic heterocycles. The van der Waals surface area contributed by atoms with Crippen molar-refractivity contribution >= 4 is 0 Å².